The van der Waals surface area contributed by atoms with Gasteiger partial charge >= 0.3 is 12.0 Å². The van der Waals surface area contributed by atoms with Gasteiger partial charge in [-0.25, -0.2) is 9.59 Å². The van der Waals surface area contributed by atoms with Crippen molar-refractivity contribution >= 4 is 23.8 Å². The molecular weight excluding hydrogens is 282 g/mol. The predicted molar refractivity (Wildman–Crippen MR) is 80.3 cm³/mol. The first-order chi connectivity index (χ1) is 9.47. The van der Waals surface area contributed by atoms with Crippen molar-refractivity contribution in [1.82, 2.24) is 15.5 Å². The third kappa shape index (κ3) is 10.9. The Morgan fingerprint density at radius 3 is 2.60 bits per heavy atom. The topological polar surface area (TPSA) is 90.9 Å². The van der Waals surface area contributed by atoms with Crippen LogP contribution in [0.4, 0.5) is 4.79 Å². The first-order valence-electron chi connectivity index (χ1n) is 6.46. The smallest absolute Gasteiger partial charge is 0.326 e. The molecule has 0 aromatic rings. The Bertz CT molecular complexity index is 290. The molecule has 0 aliphatic heterocycles. The van der Waals surface area contributed by atoms with Gasteiger partial charge in [0.25, 0.3) is 0 Å². The molecule has 118 valence electrons. The van der Waals surface area contributed by atoms with Crippen LogP contribution in [0.2, 0.25) is 0 Å². The molecule has 0 aliphatic carbocycles. The van der Waals surface area contributed by atoms with Crippen molar-refractivity contribution in [3.63, 3.8) is 0 Å². The van der Waals surface area contributed by atoms with Gasteiger partial charge in [-0.15, -0.1) is 0 Å². The molecule has 0 rings (SSSR count). The number of rotatable bonds is 11. The summed E-state index contributed by atoms with van der Waals surface area (Å²) in [6.07, 6.45) is 2.30. The van der Waals surface area contributed by atoms with Crippen LogP contribution in [-0.4, -0.2) is 80.5 Å². The van der Waals surface area contributed by atoms with Crippen LogP contribution in [0.5, 0.6) is 0 Å². The summed E-state index contributed by atoms with van der Waals surface area (Å²) in [5.41, 5.74) is 0. The lowest BCUT2D eigenvalue weighted by Gasteiger charge is -2.15. The molecule has 7 nitrogen and oxygen atoms in total. The maximum absolute atomic E-state index is 11.5. The number of carboxylic acids is 1. The lowest BCUT2D eigenvalue weighted by atomic mass is 10.2. The first-order valence-corrected chi connectivity index (χ1v) is 7.85. The lowest BCUT2D eigenvalue weighted by molar-refractivity contribution is -0.139. The van der Waals surface area contributed by atoms with Crippen molar-refractivity contribution in [2.75, 3.05) is 52.4 Å². The number of aliphatic carboxylic acids is 1. The number of carboxylic acid groups (broad SMARTS) is 1. The molecular formula is C12H25N3O4S. The van der Waals surface area contributed by atoms with Crippen LogP contribution in [0, 0.1) is 0 Å². The molecule has 0 aromatic heterocycles. The maximum atomic E-state index is 11.5. The van der Waals surface area contributed by atoms with E-state index in [1.807, 2.05) is 25.3 Å². The van der Waals surface area contributed by atoms with Gasteiger partial charge in [-0.2, -0.15) is 11.8 Å². The molecule has 0 aromatic carbocycles. The van der Waals surface area contributed by atoms with Crippen LogP contribution < -0.4 is 10.6 Å². The van der Waals surface area contributed by atoms with Crippen molar-refractivity contribution in [2.24, 2.45) is 0 Å². The minimum atomic E-state index is -1.02. The van der Waals surface area contributed by atoms with Gasteiger partial charge in [-0.05, 0) is 32.5 Å². The largest absolute Gasteiger partial charge is 0.480 e. The molecule has 0 aliphatic rings. The first kappa shape index (κ1) is 19.0. The molecule has 1 unspecified atom stereocenters. The predicted octanol–water partition coefficient (Wildman–Crippen LogP) is 0.0701. The number of hydrogen-bond donors (Lipinski definition) is 3. The molecule has 0 heterocycles. The normalized spacial score (nSPS) is 12.2. The van der Waals surface area contributed by atoms with Gasteiger partial charge in [0, 0.05) is 13.1 Å². The van der Waals surface area contributed by atoms with Crippen LogP contribution in [0.1, 0.15) is 6.42 Å². The highest BCUT2D eigenvalue weighted by Crippen LogP contribution is 2.00. The summed E-state index contributed by atoms with van der Waals surface area (Å²) in [5, 5.41) is 14.0. The highest BCUT2D eigenvalue weighted by Gasteiger charge is 2.18. The van der Waals surface area contributed by atoms with E-state index in [1.54, 1.807) is 11.8 Å². The van der Waals surface area contributed by atoms with Gasteiger partial charge < -0.3 is 25.4 Å². The average molecular weight is 307 g/mol. The quantitative estimate of drug-likeness (QED) is 0.468. The number of carbonyl (C=O) groups is 2. The van der Waals surface area contributed by atoms with E-state index in [4.69, 9.17) is 9.84 Å². The summed E-state index contributed by atoms with van der Waals surface area (Å²) in [4.78, 5) is 24.4. The van der Waals surface area contributed by atoms with Gasteiger partial charge in [0.05, 0.1) is 13.2 Å². The monoisotopic (exact) mass is 307 g/mol. The number of likely N-dealkylation sites (N-methyl/N-ethyl adjacent to an activating group) is 1. The summed E-state index contributed by atoms with van der Waals surface area (Å²) >= 11 is 1.54. The van der Waals surface area contributed by atoms with E-state index in [-0.39, 0.29) is 0 Å². The fourth-order valence-electron chi connectivity index (χ4n) is 1.29. The van der Waals surface area contributed by atoms with Crippen molar-refractivity contribution in [3.05, 3.63) is 0 Å². The van der Waals surface area contributed by atoms with E-state index < -0.39 is 18.0 Å². The molecule has 3 N–H and O–H groups in total. The second-order valence-electron chi connectivity index (χ2n) is 4.49. The molecule has 0 radical (unpaired) electrons. The minimum Gasteiger partial charge on any atom is -0.480 e. The van der Waals surface area contributed by atoms with Crippen molar-refractivity contribution in [2.45, 2.75) is 12.5 Å². The van der Waals surface area contributed by atoms with Gasteiger partial charge in [0.1, 0.15) is 6.04 Å². The van der Waals surface area contributed by atoms with Gasteiger partial charge in [-0.3, -0.25) is 0 Å². The standard InChI is InChI=1S/C12H25N3O4S/c1-15(2)6-8-19-7-5-13-12(18)14-10(11(16)17)4-9-20-3/h10H,4-9H2,1-3H3,(H,16,17)(H2,13,14,18). The summed E-state index contributed by atoms with van der Waals surface area (Å²) in [6.45, 7) is 2.18. The fourth-order valence-corrected chi connectivity index (χ4v) is 1.76. The Kier molecular flexibility index (Phi) is 11.2. The summed E-state index contributed by atoms with van der Waals surface area (Å²) in [5.74, 6) is -0.332. The third-order valence-corrected chi connectivity index (χ3v) is 3.07. The van der Waals surface area contributed by atoms with Crippen LogP contribution in [0.3, 0.4) is 0 Å². The Balaban J connectivity index is 3.71. The number of thioether (sulfide) groups is 1. The van der Waals surface area contributed by atoms with Crippen LogP contribution >= 0.6 is 11.8 Å². The number of nitrogens with one attached hydrogen (secondary N) is 2. The summed E-state index contributed by atoms with van der Waals surface area (Å²) < 4.78 is 5.31. The Hall–Kier alpha value is -0.990. The number of amides is 2. The fraction of sp³-hybridized carbons (Fsp3) is 0.833. The van der Waals surface area contributed by atoms with E-state index >= 15 is 0 Å². The zero-order chi connectivity index (χ0) is 15.4. The Morgan fingerprint density at radius 2 is 2.05 bits per heavy atom. The maximum Gasteiger partial charge on any atom is 0.326 e. The second kappa shape index (κ2) is 11.8. The van der Waals surface area contributed by atoms with E-state index in [1.165, 1.54) is 0 Å². The van der Waals surface area contributed by atoms with Crippen molar-refractivity contribution in [1.29, 1.82) is 0 Å². The number of hydrogen-bond acceptors (Lipinski definition) is 5. The highest BCUT2D eigenvalue weighted by atomic mass is 32.2. The molecule has 20 heavy (non-hydrogen) atoms. The third-order valence-electron chi connectivity index (χ3n) is 2.43. The van der Waals surface area contributed by atoms with E-state index in [9.17, 15) is 9.59 Å². The molecule has 0 saturated heterocycles. The minimum absolute atomic E-state index is 0.355. The zero-order valence-electron chi connectivity index (χ0n) is 12.3. The Labute approximate surface area is 124 Å². The van der Waals surface area contributed by atoms with Crippen molar-refractivity contribution in [3.8, 4) is 0 Å². The van der Waals surface area contributed by atoms with Gasteiger partial charge in [0.15, 0.2) is 0 Å². The number of carbonyl (C=O) groups excluding carboxylic acids is 1. The summed E-state index contributed by atoms with van der Waals surface area (Å²) in [6, 6.07) is -1.33. The lowest BCUT2D eigenvalue weighted by Crippen LogP contribution is -2.47. The Morgan fingerprint density at radius 1 is 1.35 bits per heavy atom. The molecule has 2 amide bonds. The van der Waals surface area contributed by atoms with Crippen molar-refractivity contribution < 1.29 is 19.4 Å². The molecule has 1 atom stereocenters. The van der Waals surface area contributed by atoms with Crippen LogP contribution in [0.15, 0.2) is 0 Å². The van der Waals surface area contributed by atoms with E-state index in [2.05, 4.69) is 10.6 Å². The average Bonchev–Trinajstić information content (AvgIpc) is 2.37. The molecule has 8 heteroatoms. The zero-order valence-corrected chi connectivity index (χ0v) is 13.2. The van der Waals surface area contributed by atoms with E-state index in [0.29, 0.717) is 31.9 Å². The molecule has 0 bridgehead atoms. The SMILES string of the molecule is CSCCC(NC(=O)NCCOCCN(C)C)C(=O)O. The van der Waals surface area contributed by atoms with E-state index in [0.717, 1.165) is 6.54 Å². The summed E-state index contributed by atoms with van der Waals surface area (Å²) in [7, 11) is 3.91. The van der Waals surface area contributed by atoms with Crippen LogP contribution in [0.25, 0.3) is 0 Å². The molecule has 0 saturated carbocycles. The second-order valence-corrected chi connectivity index (χ2v) is 5.47. The molecule has 0 fully saturated rings. The number of ether oxygens (including phenoxy) is 1. The van der Waals surface area contributed by atoms with Gasteiger partial charge in [0.2, 0.25) is 0 Å². The van der Waals surface area contributed by atoms with Gasteiger partial charge in [-0.1, -0.05) is 0 Å². The highest BCUT2D eigenvalue weighted by molar-refractivity contribution is 7.98. The molecule has 0 spiro atoms. The van der Waals surface area contributed by atoms with Crippen LogP contribution in [-0.2, 0) is 9.53 Å². The number of urea groups is 1. The number of nitrogens with zero attached hydrogens (tertiary/aromatic N) is 1.